The number of hydrogen-bond acceptors (Lipinski definition) is 4. The van der Waals surface area contributed by atoms with E-state index < -0.39 is 0 Å². The Balaban J connectivity index is 1.67. The maximum absolute atomic E-state index is 12.1. The van der Waals surface area contributed by atoms with Gasteiger partial charge in [-0.2, -0.15) is 11.3 Å². The number of carbonyl (C=O) groups is 2. The van der Waals surface area contributed by atoms with Gasteiger partial charge in [0.1, 0.15) is 0 Å². The monoisotopic (exact) mass is 336 g/mol. The molecule has 2 amide bonds. The molecule has 0 spiro atoms. The third-order valence-corrected chi connectivity index (χ3v) is 5.10. The molecule has 4 nitrogen and oxygen atoms in total. The second kappa shape index (κ2) is 8.10. The molecule has 0 saturated heterocycles. The van der Waals surface area contributed by atoms with Gasteiger partial charge in [-0.15, -0.1) is 11.3 Å². The first-order chi connectivity index (χ1) is 10.6. The zero-order valence-corrected chi connectivity index (χ0v) is 14.4. The lowest BCUT2D eigenvalue weighted by molar-refractivity contribution is -0.130. The predicted molar refractivity (Wildman–Crippen MR) is 91.4 cm³/mol. The summed E-state index contributed by atoms with van der Waals surface area (Å²) >= 11 is 3.17. The fraction of sp³-hybridized carbons (Fsp3) is 0.375. The van der Waals surface area contributed by atoms with Crippen LogP contribution in [0, 0.1) is 6.92 Å². The second-order valence-electron chi connectivity index (χ2n) is 5.15. The molecule has 118 valence electrons. The van der Waals surface area contributed by atoms with Crippen LogP contribution in [-0.2, 0) is 11.3 Å². The van der Waals surface area contributed by atoms with E-state index in [1.54, 1.807) is 22.3 Å². The van der Waals surface area contributed by atoms with Crippen LogP contribution in [0.4, 0.5) is 0 Å². The van der Waals surface area contributed by atoms with E-state index >= 15 is 0 Å². The molecular weight excluding hydrogens is 316 g/mol. The van der Waals surface area contributed by atoms with E-state index in [0.29, 0.717) is 31.5 Å². The number of amides is 2. The van der Waals surface area contributed by atoms with Gasteiger partial charge < -0.3 is 10.2 Å². The minimum absolute atomic E-state index is 0.0729. The molecule has 0 atom stereocenters. The SMILES string of the molecule is Cc1ccsc1CN(C)C(=O)CCCNC(=O)c1ccsc1. The lowest BCUT2D eigenvalue weighted by atomic mass is 10.2. The van der Waals surface area contributed by atoms with Crippen molar-refractivity contribution in [1.29, 1.82) is 0 Å². The largest absolute Gasteiger partial charge is 0.352 e. The standard InChI is InChI=1S/C16H20N2O2S2/c1-12-5-9-22-14(12)10-18(2)15(19)4-3-7-17-16(20)13-6-8-21-11-13/h5-6,8-9,11H,3-4,7,10H2,1-2H3,(H,17,20). The van der Waals surface area contributed by atoms with Crippen molar-refractivity contribution in [3.63, 3.8) is 0 Å². The molecule has 0 fully saturated rings. The van der Waals surface area contributed by atoms with Crippen molar-refractivity contribution in [3.05, 3.63) is 44.3 Å². The summed E-state index contributed by atoms with van der Waals surface area (Å²) in [6, 6.07) is 3.86. The number of hydrogen-bond donors (Lipinski definition) is 1. The Hall–Kier alpha value is -1.66. The summed E-state index contributed by atoms with van der Waals surface area (Å²) in [4.78, 5) is 26.8. The molecule has 22 heavy (non-hydrogen) atoms. The molecule has 1 N–H and O–H groups in total. The molecule has 2 aromatic heterocycles. The highest BCUT2D eigenvalue weighted by atomic mass is 32.1. The first-order valence-electron chi connectivity index (χ1n) is 7.15. The topological polar surface area (TPSA) is 49.4 Å². The molecule has 6 heteroatoms. The van der Waals surface area contributed by atoms with Gasteiger partial charge in [0.05, 0.1) is 6.54 Å². The van der Waals surface area contributed by atoms with Gasteiger partial charge >= 0.3 is 0 Å². The van der Waals surface area contributed by atoms with Crippen molar-refractivity contribution in [3.8, 4) is 0 Å². The van der Waals surface area contributed by atoms with E-state index in [-0.39, 0.29) is 11.8 Å². The third kappa shape index (κ3) is 4.68. The first-order valence-corrected chi connectivity index (χ1v) is 8.97. The van der Waals surface area contributed by atoms with E-state index in [4.69, 9.17) is 0 Å². The fourth-order valence-corrected chi connectivity index (χ4v) is 3.59. The highest BCUT2D eigenvalue weighted by molar-refractivity contribution is 7.10. The molecular formula is C16H20N2O2S2. The molecule has 0 aromatic carbocycles. The van der Waals surface area contributed by atoms with E-state index in [1.807, 2.05) is 23.2 Å². The van der Waals surface area contributed by atoms with E-state index in [0.717, 1.165) is 0 Å². The number of carbonyl (C=O) groups excluding carboxylic acids is 2. The summed E-state index contributed by atoms with van der Waals surface area (Å²) in [5, 5.41) is 8.57. The Morgan fingerprint density at radius 1 is 1.27 bits per heavy atom. The molecule has 0 aliphatic carbocycles. The molecule has 2 heterocycles. The smallest absolute Gasteiger partial charge is 0.252 e. The summed E-state index contributed by atoms with van der Waals surface area (Å²) < 4.78 is 0. The molecule has 0 aliphatic heterocycles. The Labute approximate surface area is 138 Å². The van der Waals surface area contributed by atoms with E-state index in [2.05, 4.69) is 18.3 Å². The van der Waals surface area contributed by atoms with Crippen LogP contribution >= 0.6 is 22.7 Å². The van der Waals surface area contributed by atoms with Crippen LogP contribution in [0.2, 0.25) is 0 Å². The highest BCUT2D eigenvalue weighted by Gasteiger charge is 2.11. The van der Waals surface area contributed by atoms with Crippen LogP contribution in [0.5, 0.6) is 0 Å². The molecule has 0 aliphatic rings. The Morgan fingerprint density at radius 2 is 2.09 bits per heavy atom. The normalized spacial score (nSPS) is 10.5. The van der Waals surface area contributed by atoms with Crippen molar-refractivity contribution in [2.75, 3.05) is 13.6 Å². The second-order valence-corrected chi connectivity index (χ2v) is 6.93. The summed E-state index contributed by atoms with van der Waals surface area (Å²) in [6.07, 6.45) is 1.10. The lowest BCUT2D eigenvalue weighted by Crippen LogP contribution is -2.28. The molecule has 0 unspecified atom stereocenters. The maximum Gasteiger partial charge on any atom is 0.252 e. The van der Waals surface area contributed by atoms with E-state index in [1.165, 1.54) is 21.8 Å². The van der Waals surface area contributed by atoms with Gasteiger partial charge in [-0.05, 0) is 41.8 Å². The van der Waals surface area contributed by atoms with Crippen molar-refractivity contribution in [1.82, 2.24) is 10.2 Å². The summed E-state index contributed by atoms with van der Waals surface area (Å²) in [7, 11) is 1.82. The third-order valence-electron chi connectivity index (χ3n) is 3.41. The van der Waals surface area contributed by atoms with Crippen LogP contribution in [0.3, 0.4) is 0 Å². The molecule has 2 aromatic rings. The van der Waals surface area contributed by atoms with Gasteiger partial charge in [0, 0.05) is 35.8 Å². The number of rotatable bonds is 7. The maximum atomic E-state index is 12.1. The minimum Gasteiger partial charge on any atom is -0.352 e. The van der Waals surface area contributed by atoms with Gasteiger partial charge in [-0.3, -0.25) is 9.59 Å². The Kier molecular flexibility index (Phi) is 6.15. The first kappa shape index (κ1) is 16.7. The highest BCUT2D eigenvalue weighted by Crippen LogP contribution is 2.17. The van der Waals surface area contributed by atoms with Crippen LogP contribution in [0.15, 0.2) is 28.3 Å². The van der Waals surface area contributed by atoms with Crippen molar-refractivity contribution < 1.29 is 9.59 Å². The molecule has 2 rings (SSSR count). The predicted octanol–water partition coefficient (Wildman–Crippen LogP) is 3.29. The average molecular weight is 336 g/mol. The summed E-state index contributed by atoms with van der Waals surface area (Å²) in [5.41, 5.74) is 1.91. The van der Waals surface area contributed by atoms with Gasteiger partial charge in [0.2, 0.25) is 5.91 Å². The van der Waals surface area contributed by atoms with Crippen LogP contribution in [0.1, 0.15) is 33.6 Å². The van der Waals surface area contributed by atoms with Gasteiger partial charge in [-0.25, -0.2) is 0 Å². The quantitative estimate of drug-likeness (QED) is 0.789. The van der Waals surface area contributed by atoms with Gasteiger partial charge in [-0.1, -0.05) is 0 Å². The minimum atomic E-state index is -0.0729. The Bertz CT molecular complexity index is 620. The van der Waals surface area contributed by atoms with Crippen LogP contribution in [0.25, 0.3) is 0 Å². The van der Waals surface area contributed by atoms with E-state index in [9.17, 15) is 9.59 Å². The molecule has 0 radical (unpaired) electrons. The van der Waals surface area contributed by atoms with Gasteiger partial charge in [0.25, 0.3) is 5.91 Å². The number of thiophene rings is 2. The average Bonchev–Trinajstić information content (AvgIpc) is 3.15. The molecule has 0 bridgehead atoms. The zero-order chi connectivity index (χ0) is 15.9. The van der Waals surface area contributed by atoms with Gasteiger partial charge in [0.15, 0.2) is 0 Å². The fourth-order valence-electron chi connectivity index (χ4n) is 2.00. The van der Waals surface area contributed by atoms with Crippen LogP contribution in [-0.4, -0.2) is 30.3 Å². The van der Waals surface area contributed by atoms with Crippen LogP contribution < -0.4 is 5.32 Å². The summed E-state index contributed by atoms with van der Waals surface area (Å²) in [5.74, 6) is 0.0360. The zero-order valence-electron chi connectivity index (χ0n) is 12.8. The van der Waals surface area contributed by atoms with Crippen molar-refractivity contribution >= 4 is 34.5 Å². The Morgan fingerprint density at radius 3 is 2.73 bits per heavy atom. The number of aryl methyl sites for hydroxylation is 1. The molecule has 0 saturated carbocycles. The van der Waals surface area contributed by atoms with Crippen molar-refractivity contribution in [2.45, 2.75) is 26.3 Å². The van der Waals surface area contributed by atoms with Crippen molar-refractivity contribution in [2.24, 2.45) is 0 Å². The lowest BCUT2D eigenvalue weighted by Gasteiger charge is -2.17. The number of nitrogens with one attached hydrogen (secondary N) is 1. The number of nitrogens with zero attached hydrogens (tertiary/aromatic N) is 1. The summed E-state index contributed by atoms with van der Waals surface area (Å²) in [6.45, 7) is 3.24.